The van der Waals surface area contributed by atoms with E-state index in [1.165, 1.54) is 0 Å². The maximum atomic E-state index is 9.73. The fourth-order valence-electron chi connectivity index (χ4n) is 0.426. The van der Waals surface area contributed by atoms with Crippen LogP contribution in [0.4, 0.5) is 0 Å². The van der Waals surface area contributed by atoms with E-state index in [-0.39, 0.29) is 31.6 Å². The summed E-state index contributed by atoms with van der Waals surface area (Å²) in [6.45, 7) is 6.35. The van der Waals surface area contributed by atoms with Crippen LogP contribution in [0.15, 0.2) is 0 Å². The van der Waals surface area contributed by atoms with Gasteiger partial charge in [0.2, 0.25) is 0 Å². The van der Waals surface area contributed by atoms with Crippen molar-refractivity contribution < 1.29 is 31.0 Å². The molecule has 0 aromatic heterocycles. The summed E-state index contributed by atoms with van der Waals surface area (Å²) in [6.07, 6.45) is 3.39. The van der Waals surface area contributed by atoms with E-state index < -0.39 is 0 Å². The standard InChI is InChI=1S/C7H13O.Zr/c1-7(2,3)5-4-6-8;/h4-5H2,1-3H3;/q-1;. The van der Waals surface area contributed by atoms with Crippen molar-refractivity contribution in [1.29, 1.82) is 0 Å². The quantitative estimate of drug-likeness (QED) is 0.628. The fraction of sp³-hybridized carbons (Fsp3) is 0.857. The molecule has 0 bridgehead atoms. The number of hydrogen-bond acceptors (Lipinski definition) is 1. The first kappa shape index (κ1) is 12.3. The van der Waals surface area contributed by atoms with E-state index in [0.717, 1.165) is 6.42 Å². The molecule has 0 unspecified atom stereocenters. The summed E-state index contributed by atoms with van der Waals surface area (Å²) in [7, 11) is 0. The third kappa shape index (κ3) is 11.9. The van der Waals surface area contributed by atoms with Crippen LogP contribution in [0, 0.1) is 5.41 Å². The Labute approximate surface area is 76.3 Å². The van der Waals surface area contributed by atoms with Crippen LogP contribution in [0.25, 0.3) is 0 Å². The molecular weight excluding hydrogens is 191 g/mol. The third-order valence-corrected chi connectivity index (χ3v) is 0.977. The second-order valence-corrected chi connectivity index (χ2v) is 3.20. The summed E-state index contributed by atoms with van der Waals surface area (Å²) >= 11 is 0. The summed E-state index contributed by atoms with van der Waals surface area (Å²) in [5.74, 6) is 0. The predicted molar refractivity (Wildman–Crippen MR) is 34.4 cm³/mol. The Hall–Kier alpha value is 0.553. The van der Waals surface area contributed by atoms with E-state index in [2.05, 4.69) is 20.8 Å². The van der Waals surface area contributed by atoms with Gasteiger partial charge in [0.25, 0.3) is 0 Å². The van der Waals surface area contributed by atoms with E-state index in [1.807, 2.05) is 6.29 Å². The predicted octanol–water partition coefficient (Wildman–Crippen LogP) is 1.92. The Balaban J connectivity index is 0. The molecule has 0 radical (unpaired) electrons. The van der Waals surface area contributed by atoms with Crippen LogP contribution in [-0.4, -0.2) is 6.29 Å². The van der Waals surface area contributed by atoms with Gasteiger partial charge < -0.3 is 4.79 Å². The summed E-state index contributed by atoms with van der Waals surface area (Å²) in [4.78, 5) is 9.73. The average molecular weight is 204 g/mol. The van der Waals surface area contributed by atoms with Gasteiger partial charge in [-0.15, -0.1) is 0 Å². The SMILES string of the molecule is CC(C)(C)CC[C-]=O.[Zr]. The molecule has 0 amide bonds. The van der Waals surface area contributed by atoms with E-state index in [4.69, 9.17) is 0 Å². The van der Waals surface area contributed by atoms with Gasteiger partial charge in [-0.1, -0.05) is 27.2 Å². The molecule has 0 aromatic carbocycles. The molecule has 0 aromatic rings. The third-order valence-electron chi connectivity index (χ3n) is 0.977. The zero-order valence-corrected chi connectivity index (χ0v) is 8.78. The van der Waals surface area contributed by atoms with Gasteiger partial charge in [-0.05, 0) is 5.41 Å². The van der Waals surface area contributed by atoms with Crippen molar-refractivity contribution in [2.24, 2.45) is 5.41 Å². The van der Waals surface area contributed by atoms with Crippen LogP contribution in [0.2, 0.25) is 0 Å². The van der Waals surface area contributed by atoms with Crippen LogP contribution < -0.4 is 0 Å². The minimum atomic E-state index is 0. The zero-order valence-electron chi connectivity index (χ0n) is 6.32. The number of hydrogen-bond donors (Lipinski definition) is 0. The molecular formula is C7H13OZr-. The van der Waals surface area contributed by atoms with Crippen molar-refractivity contribution in [1.82, 2.24) is 0 Å². The molecule has 0 N–H and O–H groups in total. The first-order valence-corrected chi connectivity index (χ1v) is 2.91. The van der Waals surface area contributed by atoms with E-state index in [9.17, 15) is 4.79 Å². The van der Waals surface area contributed by atoms with Crippen molar-refractivity contribution in [3.05, 3.63) is 0 Å². The Morgan fingerprint density at radius 1 is 1.33 bits per heavy atom. The fourth-order valence-corrected chi connectivity index (χ4v) is 0.426. The van der Waals surface area contributed by atoms with Gasteiger partial charge in [-0.25, -0.2) is 0 Å². The van der Waals surface area contributed by atoms with Crippen LogP contribution in [0.1, 0.15) is 33.6 Å². The van der Waals surface area contributed by atoms with Gasteiger partial charge in [0, 0.05) is 26.2 Å². The average Bonchev–Trinajstić information content (AvgIpc) is 1.59. The van der Waals surface area contributed by atoms with Gasteiger partial charge in [-0.2, -0.15) is 6.42 Å². The van der Waals surface area contributed by atoms with Gasteiger partial charge in [0.1, 0.15) is 0 Å². The summed E-state index contributed by atoms with van der Waals surface area (Å²) in [5, 5.41) is 0. The minimum absolute atomic E-state index is 0. The second kappa shape index (κ2) is 5.35. The second-order valence-electron chi connectivity index (χ2n) is 3.20. The Morgan fingerprint density at radius 2 is 1.78 bits per heavy atom. The number of carbonyl (C=O) groups excluding carboxylic acids is 1. The first-order valence-electron chi connectivity index (χ1n) is 2.91. The zero-order chi connectivity index (χ0) is 6.62. The molecule has 0 aliphatic carbocycles. The maximum Gasteiger partial charge on any atom is 0 e. The van der Waals surface area contributed by atoms with Crippen LogP contribution in [0.5, 0.6) is 0 Å². The molecule has 0 rings (SSSR count). The molecule has 0 heterocycles. The topological polar surface area (TPSA) is 17.1 Å². The molecule has 52 valence electrons. The maximum absolute atomic E-state index is 9.73. The molecule has 2 heteroatoms. The molecule has 0 aliphatic rings. The monoisotopic (exact) mass is 203 g/mol. The smallest absolute Gasteiger partial charge is 0 e. The summed E-state index contributed by atoms with van der Waals surface area (Å²) in [5.41, 5.74) is 0.289. The first-order chi connectivity index (χ1) is 3.56. The van der Waals surface area contributed by atoms with Crippen LogP contribution in [-0.2, 0) is 31.0 Å². The summed E-state index contributed by atoms with van der Waals surface area (Å²) < 4.78 is 0. The number of rotatable bonds is 2. The Kier molecular flexibility index (Phi) is 7.28. The van der Waals surface area contributed by atoms with Crippen molar-refractivity contribution in [2.45, 2.75) is 33.6 Å². The summed E-state index contributed by atoms with van der Waals surface area (Å²) in [6, 6.07) is 0. The van der Waals surface area contributed by atoms with Gasteiger partial charge in [-0.3, -0.25) is 6.29 Å². The molecule has 0 saturated heterocycles. The molecule has 9 heavy (non-hydrogen) atoms. The minimum Gasteiger partial charge on any atom is -0.542 e. The van der Waals surface area contributed by atoms with Gasteiger partial charge in [0.05, 0.1) is 0 Å². The largest absolute Gasteiger partial charge is 0.542 e. The molecule has 0 spiro atoms. The Bertz CT molecular complexity index is 73.5. The van der Waals surface area contributed by atoms with Crippen LogP contribution >= 0.6 is 0 Å². The molecule has 0 atom stereocenters. The van der Waals surface area contributed by atoms with E-state index >= 15 is 0 Å². The molecule has 1 nitrogen and oxygen atoms in total. The normalized spacial score (nSPS) is 10.1. The van der Waals surface area contributed by atoms with Crippen molar-refractivity contribution in [3.8, 4) is 0 Å². The Morgan fingerprint density at radius 3 is 1.89 bits per heavy atom. The molecule has 0 saturated carbocycles. The molecule has 0 aliphatic heterocycles. The van der Waals surface area contributed by atoms with E-state index in [0.29, 0.717) is 6.42 Å². The van der Waals surface area contributed by atoms with Crippen LogP contribution in [0.3, 0.4) is 0 Å². The molecule has 0 fully saturated rings. The van der Waals surface area contributed by atoms with Crippen molar-refractivity contribution >= 4 is 6.29 Å². The van der Waals surface area contributed by atoms with Crippen molar-refractivity contribution in [3.63, 3.8) is 0 Å². The van der Waals surface area contributed by atoms with Gasteiger partial charge in [0.15, 0.2) is 0 Å². The van der Waals surface area contributed by atoms with Gasteiger partial charge >= 0.3 is 0 Å². The van der Waals surface area contributed by atoms with Crippen molar-refractivity contribution in [2.75, 3.05) is 0 Å². The van der Waals surface area contributed by atoms with E-state index in [1.54, 1.807) is 0 Å².